The Bertz CT molecular complexity index is 476. The highest BCUT2D eigenvalue weighted by Gasteiger charge is 2.13. The standard InChI is InChI=1S/C11H14N2O2/c1-6(14)11(12)8-3-4-10-9(5-8)13-7(2)15-10/h3-6,11,14H,12H2,1-2H3. The van der Waals surface area contributed by atoms with E-state index in [9.17, 15) is 5.11 Å². The van der Waals surface area contributed by atoms with Crippen molar-refractivity contribution in [3.8, 4) is 0 Å². The van der Waals surface area contributed by atoms with E-state index in [0.717, 1.165) is 16.7 Å². The number of hydrogen-bond donors (Lipinski definition) is 2. The van der Waals surface area contributed by atoms with Crippen LogP contribution in [0, 0.1) is 6.92 Å². The van der Waals surface area contributed by atoms with Crippen LogP contribution in [0.3, 0.4) is 0 Å². The summed E-state index contributed by atoms with van der Waals surface area (Å²) >= 11 is 0. The molecule has 1 heterocycles. The molecule has 0 saturated heterocycles. The summed E-state index contributed by atoms with van der Waals surface area (Å²) in [6, 6.07) is 5.15. The maximum atomic E-state index is 9.38. The molecule has 1 aromatic carbocycles. The number of aliphatic hydroxyl groups is 1. The van der Waals surface area contributed by atoms with Gasteiger partial charge in [0.1, 0.15) is 5.52 Å². The molecule has 0 fully saturated rings. The predicted octanol–water partition coefficient (Wildman–Crippen LogP) is 1.52. The van der Waals surface area contributed by atoms with Crippen LogP contribution in [0.25, 0.3) is 11.1 Å². The zero-order chi connectivity index (χ0) is 11.0. The fourth-order valence-electron chi connectivity index (χ4n) is 1.55. The third-order valence-corrected chi connectivity index (χ3v) is 2.42. The Morgan fingerprint density at radius 3 is 2.87 bits per heavy atom. The Labute approximate surface area is 87.7 Å². The summed E-state index contributed by atoms with van der Waals surface area (Å²) in [5, 5.41) is 9.38. The number of oxazole rings is 1. The van der Waals surface area contributed by atoms with E-state index in [1.165, 1.54) is 0 Å². The number of nitrogens with zero attached hydrogens (tertiary/aromatic N) is 1. The Kier molecular flexibility index (Phi) is 2.46. The molecule has 2 atom stereocenters. The summed E-state index contributed by atoms with van der Waals surface area (Å²) in [6.45, 7) is 3.47. The van der Waals surface area contributed by atoms with E-state index < -0.39 is 6.10 Å². The van der Waals surface area contributed by atoms with Gasteiger partial charge in [-0.2, -0.15) is 0 Å². The van der Waals surface area contributed by atoms with Crippen molar-refractivity contribution >= 4 is 11.1 Å². The van der Waals surface area contributed by atoms with Crippen LogP contribution in [0.4, 0.5) is 0 Å². The third kappa shape index (κ3) is 1.86. The lowest BCUT2D eigenvalue weighted by atomic mass is 10.0. The molecule has 80 valence electrons. The third-order valence-electron chi connectivity index (χ3n) is 2.42. The Hall–Kier alpha value is -1.39. The summed E-state index contributed by atoms with van der Waals surface area (Å²) in [6.07, 6.45) is -0.574. The van der Waals surface area contributed by atoms with Crippen LogP contribution in [0.5, 0.6) is 0 Å². The molecule has 0 radical (unpaired) electrons. The number of aromatic nitrogens is 1. The zero-order valence-electron chi connectivity index (χ0n) is 8.77. The first-order chi connectivity index (χ1) is 7.08. The molecule has 2 aromatic rings. The van der Waals surface area contributed by atoms with Crippen LogP contribution in [-0.4, -0.2) is 16.2 Å². The Balaban J connectivity index is 2.46. The van der Waals surface area contributed by atoms with Crippen LogP contribution in [0.15, 0.2) is 22.6 Å². The van der Waals surface area contributed by atoms with E-state index >= 15 is 0 Å². The van der Waals surface area contributed by atoms with Crippen LogP contribution >= 0.6 is 0 Å². The fraction of sp³-hybridized carbons (Fsp3) is 0.364. The minimum atomic E-state index is -0.574. The van der Waals surface area contributed by atoms with E-state index in [-0.39, 0.29) is 6.04 Å². The first-order valence-corrected chi connectivity index (χ1v) is 4.88. The van der Waals surface area contributed by atoms with Gasteiger partial charge in [-0.05, 0) is 24.6 Å². The molecule has 0 saturated carbocycles. The maximum Gasteiger partial charge on any atom is 0.192 e. The highest BCUT2D eigenvalue weighted by atomic mass is 16.3. The second-order valence-electron chi connectivity index (χ2n) is 3.73. The number of fused-ring (bicyclic) bond motifs is 1. The van der Waals surface area contributed by atoms with Crippen molar-refractivity contribution in [3.05, 3.63) is 29.7 Å². The molecular formula is C11H14N2O2. The van der Waals surface area contributed by atoms with Crippen LogP contribution in [0.2, 0.25) is 0 Å². The average Bonchev–Trinajstić information content (AvgIpc) is 2.55. The molecule has 0 amide bonds. The van der Waals surface area contributed by atoms with Crippen molar-refractivity contribution in [2.24, 2.45) is 5.73 Å². The molecular weight excluding hydrogens is 192 g/mol. The van der Waals surface area contributed by atoms with E-state index in [2.05, 4.69) is 4.98 Å². The van der Waals surface area contributed by atoms with Crippen LogP contribution < -0.4 is 5.73 Å². The second-order valence-corrected chi connectivity index (χ2v) is 3.73. The SMILES string of the molecule is Cc1nc2cc(C(N)C(C)O)ccc2o1. The lowest BCUT2D eigenvalue weighted by Crippen LogP contribution is -2.22. The number of aryl methyl sites for hydroxylation is 1. The van der Waals surface area contributed by atoms with Gasteiger partial charge >= 0.3 is 0 Å². The number of nitrogens with two attached hydrogens (primary N) is 1. The van der Waals surface area contributed by atoms with Crippen LogP contribution in [-0.2, 0) is 0 Å². The van der Waals surface area contributed by atoms with Crippen molar-refractivity contribution < 1.29 is 9.52 Å². The average molecular weight is 206 g/mol. The summed E-state index contributed by atoms with van der Waals surface area (Å²) in [5.41, 5.74) is 8.22. The first-order valence-electron chi connectivity index (χ1n) is 4.88. The maximum absolute atomic E-state index is 9.38. The molecule has 2 rings (SSSR count). The largest absolute Gasteiger partial charge is 0.441 e. The van der Waals surface area contributed by atoms with E-state index in [4.69, 9.17) is 10.2 Å². The van der Waals surface area contributed by atoms with Gasteiger partial charge in [0.2, 0.25) is 0 Å². The minimum Gasteiger partial charge on any atom is -0.441 e. The van der Waals surface area contributed by atoms with Gasteiger partial charge in [0.05, 0.1) is 12.1 Å². The highest BCUT2D eigenvalue weighted by Crippen LogP contribution is 2.21. The summed E-state index contributed by atoms with van der Waals surface area (Å²) in [5.74, 6) is 0.632. The van der Waals surface area contributed by atoms with Gasteiger partial charge in [-0.1, -0.05) is 6.07 Å². The lowest BCUT2D eigenvalue weighted by Gasteiger charge is -2.14. The molecule has 1 aromatic heterocycles. The van der Waals surface area contributed by atoms with Gasteiger partial charge in [-0.25, -0.2) is 4.98 Å². The van der Waals surface area contributed by atoms with Gasteiger partial charge in [-0.15, -0.1) is 0 Å². The molecule has 4 heteroatoms. The van der Waals surface area contributed by atoms with Crippen molar-refractivity contribution in [3.63, 3.8) is 0 Å². The van der Waals surface area contributed by atoms with Gasteiger partial charge in [0.25, 0.3) is 0 Å². The first kappa shape index (κ1) is 10.1. The Morgan fingerprint density at radius 1 is 1.47 bits per heavy atom. The van der Waals surface area contributed by atoms with Crippen molar-refractivity contribution in [2.75, 3.05) is 0 Å². The normalized spacial score (nSPS) is 15.5. The smallest absolute Gasteiger partial charge is 0.192 e. The van der Waals surface area contributed by atoms with E-state index in [1.807, 2.05) is 18.2 Å². The van der Waals surface area contributed by atoms with Gasteiger partial charge in [0.15, 0.2) is 11.5 Å². The molecule has 0 aliphatic heterocycles. The second kappa shape index (κ2) is 3.64. The van der Waals surface area contributed by atoms with Crippen LogP contribution in [0.1, 0.15) is 24.4 Å². The molecule has 4 nitrogen and oxygen atoms in total. The monoisotopic (exact) mass is 206 g/mol. The molecule has 0 bridgehead atoms. The number of aliphatic hydroxyl groups excluding tert-OH is 1. The number of hydrogen-bond acceptors (Lipinski definition) is 4. The van der Waals surface area contributed by atoms with Crippen molar-refractivity contribution in [1.29, 1.82) is 0 Å². The molecule has 3 N–H and O–H groups in total. The Morgan fingerprint density at radius 2 is 2.20 bits per heavy atom. The van der Waals surface area contributed by atoms with E-state index in [1.54, 1.807) is 13.8 Å². The summed E-state index contributed by atoms with van der Waals surface area (Å²) < 4.78 is 5.35. The fourth-order valence-corrected chi connectivity index (χ4v) is 1.55. The molecule has 0 spiro atoms. The summed E-state index contributed by atoms with van der Waals surface area (Å²) in [7, 11) is 0. The minimum absolute atomic E-state index is 0.383. The molecule has 0 aliphatic carbocycles. The van der Waals surface area contributed by atoms with Crippen molar-refractivity contribution in [1.82, 2.24) is 4.98 Å². The van der Waals surface area contributed by atoms with E-state index in [0.29, 0.717) is 5.89 Å². The molecule has 0 aliphatic rings. The van der Waals surface area contributed by atoms with Crippen molar-refractivity contribution in [2.45, 2.75) is 26.0 Å². The number of benzene rings is 1. The quantitative estimate of drug-likeness (QED) is 0.781. The summed E-state index contributed by atoms with van der Waals surface area (Å²) in [4.78, 5) is 4.21. The van der Waals surface area contributed by atoms with Gasteiger partial charge < -0.3 is 15.3 Å². The van der Waals surface area contributed by atoms with Gasteiger partial charge in [-0.3, -0.25) is 0 Å². The molecule has 15 heavy (non-hydrogen) atoms. The molecule has 2 unspecified atom stereocenters. The predicted molar refractivity (Wildman–Crippen MR) is 57.4 cm³/mol. The number of rotatable bonds is 2. The highest BCUT2D eigenvalue weighted by molar-refractivity contribution is 5.73. The van der Waals surface area contributed by atoms with Gasteiger partial charge in [0, 0.05) is 6.92 Å². The lowest BCUT2D eigenvalue weighted by molar-refractivity contribution is 0.164. The zero-order valence-corrected chi connectivity index (χ0v) is 8.77. The topological polar surface area (TPSA) is 72.3 Å².